The van der Waals surface area contributed by atoms with E-state index in [2.05, 4.69) is 5.32 Å². The second kappa shape index (κ2) is 5.82. The first-order chi connectivity index (χ1) is 9.79. The van der Waals surface area contributed by atoms with Crippen LogP contribution < -0.4 is 10.5 Å². The minimum absolute atomic E-state index is 0.0266. The Hall–Kier alpha value is -1.93. The summed E-state index contributed by atoms with van der Waals surface area (Å²) in [7, 11) is -2.10. The SMILES string of the molecule is CN1C(=O)CCC1C(=O)NCc1ccc(S(N)(=O)=O)cc1. The number of hydrogen-bond acceptors (Lipinski definition) is 4. The van der Waals surface area contributed by atoms with Crippen molar-refractivity contribution in [3.05, 3.63) is 29.8 Å². The van der Waals surface area contributed by atoms with E-state index >= 15 is 0 Å². The van der Waals surface area contributed by atoms with Gasteiger partial charge >= 0.3 is 0 Å². The number of nitrogens with two attached hydrogens (primary N) is 1. The number of likely N-dealkylation sites (tertiary alicyclic amines) is 1. The molecule has 1 fully saturated rings. The molecule has 0 saturated carbocycles. The highest BCUT2D eigenvalue weighted by Gasteiger charge is 2.32. The molecule has 3 N–H and O–H groups in total. The van der Waals surface area contributed by atoms with Gasteiger partial charge in [0.15, 0.2) is 0 Å². The third-order valence-corrected chi connectivity index (χ3v) is 4.44. The molecule has 1 aromatic rings. The fourth-order valence-electron chi connectivity index (χ4n) is 2.21. The van der Waals surface area contributed by atoms with E-state index in [1.165, 1.54) is 17.0 Å². The number of rotatable bonds is 4. The maximum absolute atomic E-state index is 12.0. The monoisotopic (exact) mass is 311 g/mol. The summed E-state index contributed by atoms with van der Waals surface area (Å²) in [5.41, 5.74) is 0.753. The lowest BCUT2D eigenvalue weighted by Gasteiger charge is -2.19. The number of amides is 2. The Morgan fingerprint density at radius 2 is 2.00 bits per heavy atom. The third kappa shape index (κ3) is 3.59. The molecule has 1 aromatic carbocycles. The Kier molecular flexibility index (Phi) is 4.29. The summed E-state index contributed by atoms with van der Waals surface area (Å²) in [6, 6.07) is 5.53. The molecule has 8 heteroatoms. The van der Waals surface area contributed by atoms with E-state index in [9.17, 15) is 18.0 Å². The summed E-state index contributed by atoms with van der Waals surface area (Å²) in [6.07, 6.45) is 0.906. The van der Waals surface area contributed by atoms with Crippen LogP contribution in [0.2, 0.25) is 0 Å². The third-order valence-electron chi connectivity index (χ3n) is 3.51. The average molecular weight is 311 g/mol. The van der Waals surface area contributed by atoms with Gasteiger partial charge in [-0.3, -0.25) is 9.59 Å². The van der Waals surface area contributed by atoms with E-state index in [-0.39, 0.29) is 23.3 Å². The van der Waals surface area contributed by atoms with E-state index in [1.54, 1.807) is 19.2 Å². The number of benzene rings is 1. The van der Waals surface area contributed by atoms with Crippen LogP contribution in [0.1, 0.15) is 18.4 Å². The number of likely N-dealkylation sites (N-methyl/N-ethyl adjacent to an activating group) is 1. The van der Waals surface area contributed by atoms with Crippen LogP contribution in [0.25, 0.3) is 0 Å². The lowest BCUT2D eigenvalue weighted by Crippen LogP contribution is -2.42. The fraction of sp³-hybridized carbons (Fsp3) is 0.385. The van der Waals surface area contributed by atoms with Gasteiger partial charge in [0.05, 0.1) is 4.90 Å². The molecule has 0 aromatic heterocycles. The van der Waals surface area contributed by atoms with Crippen molar-refractivity contribution in [2.75, 3.05) is 7.05 Å². The molecule has 7 nitrogen and oxygen atoms in total. The van der Waals surface area contributed by atoms with Crippen LogP contribution in [-0.4, -0.2) is 38.2 Å². The van der Waals surface area contributed by atoms with Crippen LogP contribution in [0.3, 0.4) is 0 Å². The Morgan fingerprint density at radius 3 is 2.48 bits per heavy atom. The summed E-state index contributed by atoms with van der Waals surface area (Å²) in [4.78, 5) is 24.8. The number of primary sulfonamides is 1. The molecule has 0 radical (unpaired) electrons. The van der Waals surface area contributed by atoms with Crippen LogP contribution in [0.4, 0.5) is 0 Å². The fourth-order valence-corrected chi connectivity index (χ4v) is 2.73. The number of carbonyl (C=O) groups excluding carboxylic acids is 2. The standard InChI is InChI=1S/C13H17N3O4S/c1-16-11(6-7-12(16)17)13(18)15-8-9-2-4-10(5-3-9)21(14,19)20/h2-5,11H,6-8H2,1H3,(H,15,18)(H2,14,19,20). The maximum atomic E-state index is 12.0. The molecule has 1 saturated heterocycles. The second-order valence-corrected chi connectivity index (χ2v) is 6.53. The zero-order valence-electron chi connectivity index (χ0n) is 11.6. The predicted octanol–water partition coefficient (Wildman–Crippen LogP) is -0.429. The maximum Gasteiger partial charge on any atom is 0.243 e. The zero-order valence-corrected chi connectivity index (χ0v) is 12.4. The Bertz CT molecular complexity index is 654. The molecule has 2 rings (SSSR count). The lowest BCUT2D eigenvalue weighted by atomic mass is 10.2. The van der Waals surface area contributed by atoms with Gasteiger partial charge in [0, 0.05) is 20.0 Å². The van der Waals surface area contributed by atoms with Crippen molar-refractivity contribution in [1.29, 1.82) is 0 Å². The Morgan fingerprint density at radius 1 is 1.38 bits per heavy atom. The van der Waals surface area contributed by atoms with E-state index < -0.39 is 16.1 Å². The Labute approximate surface area is 123 Å². The highest BCUT2D eigenvalue weighted by atomic mass is 32.2. The average Bonchev–Trinajstić information content (AvgIpc) is 2.76. The van der Waals surface area contributed by atoms with Crippen LogP contribution in [0.15, 0.2) is 29.2 Å². The molecule has 21 heavy (non-hydrogen) atoms. The molecule has 1 aliphatic heterocycles. The predicted molar refractivity (Wildman–Crippen MR) is 75.5 cm³/mol. The Balaban J connectivity index is 1.94. The van der Waals surface area contributed by atoms with E-state index in [0.717, 1.165) is 5.56 Å². The van der Waals surface area contributed by atoms with Crippen molar-refractivity contribution < 1.29 is 18.0 Å². The van der Waals surface area contributed by atoms with Crippen LogP contribution in [0.5, 0.6) is 0 Å². The first kappa shape index (κ1) is 15.5. The first-order valence-electron chi connectivity index (χ1n) is 6.44. The van der Waals surface area contributed by atoms with Gasteiger partial charge in [0.1, 0.15) is 6.04 Å². The molecule has 1 atom stereocenters. The summed E-state index contributed by atoms with van der Waals surface area (Å²) in [6.45, 7) is 0.266. The van der Waals surface area contributed by atoms with Crippen molar-refractivity contribution in [3.8, 4) is 0 Å². The molecular formula is C13H17N3O4S. The molecule has 1 heterocycles. The molecule has 114 valence electrons. The normalized spacial score (nSPS) is 18.9. The van der Waals surface area contributed by atoms with E-state index in [0.29, 0.717) is 12.8 Å². The molecule has 0 spiro atoms. The molecule has 1 unspecified atom stereocenters. The number of carbonyl (C=O) groups is 2. The van der Waals surface area contributed by atoms with E-state index in [4.69, 9.17) is 5.14 Å². The van der Waals surface area contributed by atoms with Gasteiger partial charge in [-0.05, 0) is 24.1 Å². The van der Waals surface area contributed by atoms with Crippen LogP contribution in [-0.2, 0) is 26.2 Å². The number of hydrogen-bond donors (Lipinski definition) is 2. The summed E-state index contributed by atoms with van der Waals surface area (Å²) in [5.74, 6) is -0.244. The van der Waals surface area contributed by atoms with Gasteiger partial charge in [0.2, 0.25) is 21.8 Å². The first-order valence-corrected chi connectivity index (χ1v) is 7.99. The van der Waals surface area contributed by atoms with E-state index in [1.807, 2.05) is 0 Å². The number of nitrogens with zero attached hydrogens (tertiary/aromatic N) is 1. The largest absolute Gasteiger partial charge is 0.350 e. The topological polar surface area (TPSA) is 110 Å². The number of sulfonamides is 1. The van der Waals surface area contributed by atoms with Gasteiger partial charge in [-0.2, -0.15) is 0 Å². The number of nitrogens with one attached hydrogen (secondary N) is 1. The van der Waals surface area contributed by atoms with Gasteiger partial charge in [0.25, 0.3) is 0 Å². The van der Waals surface area contributed by atoms with Gasteiger partial charge in [-0.1, -0.05) is 12.1 Å². The highest BCUT2D eigenvalue weighted by Crippen LogP contribution is 2.16. The zero-order chi connectivity index (χ0) is 15.6. The van der Waals surface area contributed by atoms with Crippen LogP contribution >= 0.6 is 0 Å². The minimum atomic E-state index is -3.71. The van der Waals surface area contributed by atoms with Crippen LogP contribution in [0, 0.1) is 0 Å². The molecule has 0 aliphatic carbocycles. The quantitative estimate of drug-likeness (QED) is 0.786. The molecule has 1 aliphatic rings. The van der Waals surface area contributed by atoms with Gasteiger partial charge in [-0.15, -0.1) is 0 Å². The second-order valence-electron chi connectivity index (χ2n) is 4.97. The summed E-state index contributed by atoms with van der Waals surface area (Å²) < 4.78 is 22.2. The van der Waals surface area contributed by atoms with Crippen molar-refractivity contribution in [2.45, 2.75) is 30.3 Å². The highest BCUT2D eigenvalue weighted by molar-refractivity contribution is 7.89. The van der Waals surface area contributed by atoms with Crippen molar-refractivity contribution in [2.24, 2.45) is 5.14 Å². The van der Waals surface area contributed by atoms with Crippen molar-refractivity contribution in [3.63, 3.8) is 0 Å². The van der Waals surface area contributed by atoms with Gasteiger partial charge in [-0.25, -0.2) is 13.6 Å². The molecule has 2 amide bonds. The summed E-state index contributed by atoms with van der Waals surface area (Å²) >= 11 is 0. The molecular weight excluding hydrogens is 294 g/mol. The smallest absolute Gasteiger partial charge is 0.243 e. The van der Waals surface area contributed by atoms with Gasteiger partial charge < -0.3 is 10.2 Å². The van der Waals surface area contributed by atoms with Crippen molar-refractivity contribution in [1.82, 2.24) is 10.2 Å². The molecule has 0 bridgehead atoms. The minimum Gasteiger partial charge on any atom is -0.350 e. The lowest BCUT2D eigenvalue weighted by molar-refractivity contribution is -0.133. The van der Waals surface area contributed by atoms with Crippen molar-refractivity contribution >= 4 is 21.8 Å². The summed E-state index contributed by atoms with van der Waals surface area (Å²) in [5, 5.41) is 7.74.